The van der Waals surface area contributed by atoms with Gasteiger partial charge in [0.15, 0.2) is 0 Å². The minimum absolute atomic E-state index is 0.0392. The molecule has 6 nitrogen and oxygen atoms in total. The van der Waals surface area contributed by atoms with Crippen molar-refractivity contribution in [2.45, 2.75) is 13.8 Å². The first kappa shape index (κ1) is 21.6. The smallest absolute Gasteiger partial charge is 0.338 e. The molecule has 0 radical (unpaired) electrons. The van der Waals surface area contributed by atoms with Crippen LogP contribution in [0.3, 0.4) is 0 Å². The Balaban J connectivity index is 2.40. The Morgan fingerprint density at radius 3 is 2.52 bits per heavy atom. The van der Waals surface area contributed by atoms with Gasteiger partial charge in [0.1, 0.15) is 23.2 Å². The monoisotopic (exact) mass is 420 g/mol. The van der Waals surface area contributed by atoms with Crippen LogP contribution in [0.1, 0.15) is 28.7 Å². The number of halogens is 1. The van der Waals surface area contributed by atoms with Gasteiger partial charge in [0.2, 0.25) is 0 Å². The fourth-order valence-corrected chi connectivity index (χ4v) is 3.30. The first-order valence-electron chi connectivity index (χ1n) is 9.39. The number of carbonyl (C=O) groups is 1. The summed E-state index contributed by atoms with van der Waals surface area (Å²) >= 11 is 0. The summed E-state index contributed by atoms with van der Waals surface area (Å²) in [6, 6.07) is 10.2. The summed E-state index contributed by atoms with van der Waals surface area (Å²) < 4.78 is 15.6. The number of imidazole rings is 1. The molecule has 0 aliphatic heterocycles. The lowest BCUT2D eigenvalue weighted by Crippen LogP contribution is -2.05. The van der Waals surface area contributed by atoms with Gasteiger partial charge in [0.25, 0.3) is 0 Å². The fourth-order valence-electron chi connectivity index (χ4n) is 3.30. The van der Waals surface area contributed by atoms with Crippen LogP contribution >= 0.6 is 0 Å². The van der Waals surface area contributed by atoms with Gasteiger partial charge >= 0.3 is 5.97 Å². The molecule has 0 spiro atoms. The van der Waals surface area contributed by atoms with Crippen molar-refractivity contribution in [3.63, 3.8) is 0 Å². The summed E-state index contributed by atoms with van der Waals surface area (Å²) in [6.07, 6.45) is 4.61. The van der Waals surface area contributed by atoms with Gasteiger partial charge in [-0.1, -0.05) is 30.9 Å². The summed E-state index contributed by atoms with van der Waals surface area (Å²) in [5.41, 5.74) is 1.49. The van der Waals surface area contributed by atoms with Crippen LogP contribution in [0.4, 0.5) is 4.39 Å². The zero-order valence-electron chi connectivity index (χ0n) is 17.0. The Morgan fingerprint density at radius 2 is 1.90 bits per heavy atom. The SMILES string of the molecule is C=C/C(=C(O)\C=C/C)c1nc(-c2ccccc2O)n(-c2ccc(F)c(C(=O)O)c2)c1C. The molecule has 0 bridgehead atoms. The number of rotatable bonds is 6. The first-order valence-corrected chi connectivity index (χ1v) is 9.39. The highest BCUT2D eigenvalue weighted by molar-refractivity contribution is 5.89. The number of aliphatic hydroxyl groups excluding tert-OH is 1. The van der Waals surface area contributed by atoms with Gasteiger partial charge in [-0.3, -0.25) is 4.57 Å². The second-order valence-corrected chi connectivity index (χ2v) is 6.69. The van der Waals surface area contributed by atoms with Crippen molar-refractivity contribution in [1.82, 2.24) is 9.55 Å². The predicted molar refractivity (Wildman–Crippen MR) is 117 cm³/mol. The van der Waals surface area contributed by atoms with Crippen LogP contribution in [0, 0.1) is 12.7 Å². The quantitative estimate of drug-likeness (QED) is 0.365. The Bertz CT molecular complexity index is 1240. The second-order valence-electron chi connectivity index (χ2n) is 6.69. The molecule has 0 atom stereocenters. The molecule has 31 heavy (non-hydrogen) atoms. The van der Waals surface area contributed by atoms with Crippen molar-refractivity contribution < 1.29 is 24.5 Å². The van der Waals surface area contributed by atoms with Crippen molar-refractivity contribution in [2.24, 2.45) is 0 Å². The minimum Gasteiger partial charge on any atom is -0.507 e. The number of aromatic nitrogens is 2. The number of hydrogen-bond acceptors (Lipinski definition) is 4. The third kappa shape index (κ3) is 3.98. The van der Waals surface area contributed by atoms with Crippen LogP contribution in [-0.4, -0.2) is 30.8 Å². The van der Waals surface area contributed by atoms with E-state index in [0.29, 0.717) is 34.0 Å². The topological polar surface area (TPSA) is 95.6 Å². The summed E-state index contributed by atoms with van der Waals surface area (Å²) in [5.74, 6) is -2.07. The highest BCUT2D eigenvalue weighted by Gasteiger charge is 2.23. The van der Waals surface area contributed by atoms with Crippen molar-refractivity contribution in [3.8, 4) is 22.8 Å². The molecule has 0 unspecified atom stereocenters. The van der Waals surface area contributed by atoms with Gasteiger partial charge < -0.3 is 15.3 Å². The van der Waals surface area contributed by atoms with Gasteiger partial charge in [0, 0.05) is 17.0 Å². The Morgan fingerprint density at radius 1 is 1.19 bits per heavy atom. The zero-order valence-corrected chi connectivity index (χ0v) is 17.0. The molecule has 7 heteroatoms. The van der Waals surface area contributed by atoms with Crippen molar-refractivity contribution in [1.29, 1.82) is 0 Å². The number of hydrogen-bond donors (Lipinski definition) is 3. The van der Waals surface area contributed by atoms with E-state index >= 15 is 0 Å². The van der Waals surface area contributed by atoms with E-state index in [9.17, 15) is 24.5 Å². The largest absolute Gasteiger partial charge is 0.507 e. The average molecular weight is 420 g/mol. The number of nitrogens with zero attached hydrogens (tertiary/aromatic N) is 2. The number of aliphatic hydroxyl groups is 1. The molecule has 0 amide bonds. The lowest BCUT2D eigenvalue weighted by Gasteiger charge is -2.12. The number of aromatic carboxylic acids is 1. The summed E-state index contributed by atoms with van der Waals surface area (Å²) in [4.78, 5) is 16.1. The highest BCUT2D eigenvalue weighted by atomic mass is 19.1. The molecule has 1 aromatic heterocycles. The molecular weight excluding hydrogens is 399 g/mol. The molecule has 0 aliphatic carbocycles. The van der Waals surface area contributed by atoms with Crippen LogP contribution in [0.2, 0.25) is 0 Å². The third-order valence-electron chi connectivity index (χ3n) is 4.75. The van der Waals surface area contributed by atoms with Crippen molar-refractivity contribution >= 4 is 11.5 Å². The minimum atomic E-state index is -1.40. The van der Waals surface area contributed by atoms with E-state index in [1.165, 1.54) is 30.4 Å². The first-order chi connectivity index (χ1) is 14.8. The van der Waals surface area contributed by atoms with Crippen LogP contribution < -0.4 is 0 Å². The van der Waals surface area contributed by atoms with Gasteiger partial charge in [-0.25, -0.2) is 14.2 Å². The molecule has 3 N–H and O–H groups in total. The lowest BCUT2D eigenvalue weighted by molar-refractivity contribution is 0.0692. The number of aromatic hydroxyl groups is 1. The average Bonchev–Trinajstić information content (AvgIpc) is 3.06. The Hall–Kier alpha value is -4.13. The number of phenols is 1. The van der Waals surface area contributed by atoms with Crippen LogP contribution in [0.5, 0.6) is 5.75 Å². The Kier molecular flexibility index (Phi) is 6.06. The van der Waals surface area contributed by atoms with Gasteiger partial charge in [-0.15, -0.1) is 0 Å². The Labute approximate surface area is 178 Å². The van der Waals surface area contributed by atoms with E-state index in [4.69, 9.17) is 0 Å². The third-order valence-corrected chi connectivity index (χ3v) is 4.75. The molecule has 0 saturated heterocycles. The second kappa shape index (κ2) is 8.71. The molecular formula is C24H21FN2O4. The van der Waals surface area contributed by atoms with Gasteiger partial charge in [-0.05, 0) is 50.3 Å². The normalized spacial score (nSPS) is 12.1. The van der Waals surface area contributed by atoms with Gasteiger partial charge in [-0.2, -0.15) is 0 Å². The van der Waals surface area contributed by atoms with E-state index < -0.39 is 17.3 Å². The molecule has 3 rings (SSSR count). The number of phenolic OH excluding ortho intramolecular Hbond substituents is 1. The van der Waals surface area contributed by atoms with Crippen LogP contribution in [0.25, 0.3) is 22.6 Å². The van der Waals surface area contributed by atoms with E-state index in [1.54, 1.807) is 42.7 Å². The van der Waals surface area contributed by atoms with Gasteiger partial charge in [0.05, 0.1) is 16.8 Å². The van der Waals surface area contributed by atoms with Crippen molar-refractivity contribution in [2.75, 3.05) is 0 Å². The molecule has 1 heterocycles. The maximum absolute atomic E-state index is 14.0. The summed E-state index contributed by atoms with van der Waals surface area (Å²) in [5, 5.41) is 30.2. The lowest BCUT2D eigenvalue weighted by atomic mass is 10.1. The molecule has 0 fully saturated rings. The maximum Gasteiger partial charge on any atom is 0.338 e. The maximum atomic E-state index is 14.0. The van der Waals surface area contributed by atoms with E-state index in [2.05, 4.69) is 11.6 Å². The predicted octanol–water partition coefficient (Wildman–Crippen LogP) is 5.42. The highest BCUT2D eigenvalue weighted by Crippen LogP contribution is 2.35. The van der Waals surface area contributed by atoms with E-state index in [0.717, 1.165) is 6.07 Å². The summed E-state index contributed by atoms with van der Waals surface area (Å²) in [6.45, 7) is 7.23. The number of carboxylic acids is 1. The molecule has 2 aromatic carbocycles. The van der Waals surface area contributed by atoms with Crippen LogP contribution in [0.15, 0.2) is 73.0 Å². The number of benzene rings is 2. The summed E-state index contributed by atoms with van der Waals surface area (Å²) in [7, 11) is 0. The molecule has 158 valence electrons. The molecule has 0 aliphatic rings. The van der Waals surface area contributed by atoms with E-state index in [1.807, 2.05) is 0 Å². The van der Waals surface area contributed by atoms with Crippen molar-refractivity contribution in [3.05, 3.63) is 95.8 Å². The van der Waals surface area contributed by atoms with E-state index in [-0.39, 0.29) is 11.5 Å². The standard InChI is InChI=1S/C24H21FN2O4/c1-4-8-20(28)16(5-2)22-14(3)27(15-11-12-19(25)18(13-15)24(30)31)23(26-22)17-9-6-7-10-21(17)29/h4-13,28-29H,2H2,1,3H3,(H,30,31)/b8-4-,20-16-. The fraction of sp³-hybridized carbons (Fsp3) is 0.0833. The van der Waals surface area contributed by atoms with Crippen LogP contribution in [-0.2, 0) is 0 Å². The number of para-hydroxylation sites is 1. The number of allylic oxidation sites excluding steroid dienone is 4. The zero-order chi connectivity index (χ0) is 22.7. The number of carboxylic acid groups (broad SMARTS) is 1. The molecule has 3 aromatic rings. The molecule has 0 saturated carbocycles.